The second-order valence-corrected chi connectivity index (χ2v) is 6.94. The van der Waals surface area contributed by atoms with Crippen molar-refractivity contribution in [2.75, 3.05) is 23.7 Å². The van der Waals surface area contributed by atoms with E-state index in [9.17, 15) is 18.8 Å². The molecule has 0 spiro atoms. The predicted octanol–water partition coefficient (Wildman–Crippen LogP) is 4.63. The van der Waals surface area contributed by atoms with Gasteiger partial charge in [-0.1, -0.05) is 11.6 Å². The molecule has 1 heterocycles. The van der Waals surface area contributed by atoms with Crippen molar-refractivity contribution in [2.45, 2.75) is 20.3 Å². The molecule has 0 unspecified atom stereocenters. The lowest BCUT2D eigenvalue weighted by molar-refractivity contribution is 0.252. The summed E-state index contributed by atoms with van der Waals surface area (Å²) in [6.45, 7) is 4.77. The number of aromatic nitrogens is 1. The molecule has 154 valence electrons. The summed E-state index contributed by atoms with van der Waals surface area (Å²) in [6.07, 6.45) is 0.552. The summed E-state index contributed by atoms with van der Waals surface area (Å²) in [7, 11) is 0. The van der Waals surface area contributed by atoms with E-state index in [-0.39, 0.29) is 5.69 Å². The van der Waals surface area contributed by atoms with Gasteiger partial charge in [-0.05, 0) is 50.1 Å². The van der Waals surface area contributed by atoms with Crippen molar-refractivity contribution in [3.05, 3.63) is 64.7 Å². The number of pyridine rings is 1. The van der Waals surface area contributed by atoms with Crippen LogP contribution in [-0.4, -0.2) is 24.1 Å². The number of fused-ring (bicyclic) bond motifs is 1. The smallest absolute Gasteiger partial charge is 0.319 e. The molecule has 0 saturated heterocycles. The Hall–Kier alpha value is -3.73. The Labute approximate surface area is 172 Å². The molecule has 0 aliphatic carbocycles. The number of aryl methyl sites for hydroxylation is 2. The quantitative estimate of drug-likeness (QED) is 0.518. The van der Waals surface area contributed by atoms with Crippen molar-refractivity contribution in [3.8, 4) is 6.07 Å². The van der Waals surface area contributed by atoms with E-state index in [0.717, 1.165) is 34.2 Å². The third-order valence-corrected chi connectivity index (χ3v) is 4.48. The van der Waals surface area contributed by atoms with Crippen LogP contribution in [0.2, 0.25) is 0 Å². The topological polar surface area (TPSA) is 89.8 Å². The van der Waals surface area contributed by atoms with E-state index in [1.165, 1.54) is 0 Å². The summed E-state index contributed by atoms with van der Waals surface area (Å²) in [5.41, 5.74) is 3.32. The van der Waals surface area contributed by atoms with Crippen LogP contribution >= 0.6 is 0 Å². The van der Waals surface area contributed by atoms with Crippen LogP contribution < -0.4 is 16.0 Å². The van der Waals surface area contributed by atoms with Gasteiger partial charge in [-0.3, -0.25) is 0 Å². The molecule has 0 fully saturated rings. The van der Waals surface area contributed by atoms with Crippen LogP contribution in [0.5, 0.6) is 0 Å². The Bertz CT molecular complexity index is 1140. The molecule has 0 bridgehead atoms. The van der Waals surface area contributed by atoms with Crippen LogP contribution in [0, 0.1) is 36.8 Å². The number of amides is 2. The number of nitrogens with zero attached hydrogens (tertiary/aromatic N) is 2. The minimum atomic E-state index is -0.844. The Morgan fingerprint density at radius 2 is 1.93 bits per heavy atom. The average molecular weight is 409 g/mol. The fourth-order valence-corrected chi connectivity index (χ4v) is 3.13. The molecule has 8 heteroatoms. The van der Waals surface area contributed by atoms with Crippen LogP contribution in [0.3, 0.4) is 0 Å². The molecular weight excluding hydrogens is 388 g/mol. The zero-order valence-corrected chi connectivity index (χ0v) is 16.6. The molecule has 3 rings (SSSR count). The lowest BCUT2D eigenvalue weighted by atomic mass is 10.1. The first-order valence-corrected chi connectivity index (χ1v) is 9.43. The Balaban J connectivity index is 1.53. The first-order valence-electron chi connectivity index (χ1n) is 9.43. The highest BCUT2D eigenvalue weighted by Gasteiger charge is 2.10. The summed E-state index contributed by atoms with van der Waals surface area (Å²) in [6, 6.07) is 10.3. The summed E-state index contributed by atoms with van der Waals surface area (Å²) >= 11 is 0. The molecule has 0 atom stereocenters. The summed E-state index contributed by atoms with van der Waals surface area (Å²) in [4.78, 5) is 16.4. The Morgan fingerprint density at radius 3 is 2.67 bits per heavy atom. The molecular formula is C22H21F2N5O. The standard InChI is InChI=1S/C22H21F2N5O/c1-13-8-14(2)20-15(9-13)10-16(12-25)21(29-20)26-6-3-7-27-22(30)28-19-5-4-17(23)11-18(19)24/h4-5,8-11H,3,6-7H2,1-2H3,(H,26,29)(H2,27,28,30). The molecule has 6 nitrogen and oxygen atoms in total. The van der Waals surface area contributed by atoms with Gasteiger partial charge in [0.05, 0.1) is 16.8 Å². The number of carbonyl (C=O) groups excluding carboxylic acids is 1. The van der Waals surface area contributed by atoms with Crippen molar-refractivity contribution in [2.24, 2.45) is 0 Å². The number of halogens is 2. The predicted molar refractivity (Wildman–Crippen MR) is 112 cm³/mol. The van der Waals surface area contributed by atoms with Crippen LogP contribution in [0.25, 0.3) is 10.9 Å². The maximum atomic E-state index is 13.5. The maximum Gasteiger partial charge on any atom is 0.319 e. The van der Waals surface area contributed by atoms with E-state index in [1.54, 1.807) is 0 Å². The van der Waals surface area contributed by atoms with E-state index in [4.69, 9.17) is 0 Å². The van der Waals surface area contributed by atoms with Crippen molar-refractivity contribution < 1.29 is 13.6 Å². The number of rotatable bonds is 6. The first-order chi connectivity index (χ1) is 14.4. The summed E-state index contributed by atoms with van der Waals surface area (Å²) in [5.74, 6) is -1.06. The minimum Gasteiger partial charge on any atom is -0.369 e. The lowest BCUT2D eigenvalue weighted by Gasteiger charge is -2.11. The number of benzene rings is 2. The monoisotopic (exact) mass is 409 g/mol. The number of hydrogen-bond acceptors (Lipinski definition) is 4. The normalized spacial score (nSPS) is 10.5. The summed E-state index contributed by atoms with van der Waals surface area (Å²) < 4.78 is 26.4. The fraction of sp³-hybridized carbons (Fsp3) is 0.227. The van der Waals surface area contributed by atoms with E-state index < -0.39 is 17.7 Å². The maximum absolute atomic E-state index is 13.5. The molecule has 30 heavy (non-hydrogen) atoms. The van der Waals surface area contributed by atoms with Crippen LogP contribution in [0.1, 0.15) is 23.1 Å². The highest BCUT2D eigenvalue weighted by Crippen LogP contribution is 2.24. The third kappa shape index (κ3) is 5.00. The molecule has 3 aromatic rings. The van der Waals surface area contributed by atoms with Crippen LogP contribution in [0.4, 0.5) is 25.1 Å². The number of nitrogens with one attached hydrogen (secondary N) is 3. The van der Waals surface area contributed by atoms with Crippen molar-refractivity contribution in [1.29, 1.82) is 5.26 Å². The molecule has 2 aromatic carbocycles. The van der Waals surface area contributed by atoms with Gasteiger partial charge in [0.25, 0.3) is 0 Å². The van der Waals surface area contributed by atoms with Gasteiger partial charge in [0.1, 0.15) is 23.5 Å². The van der Waals surface area contributed by atoms with E-state index in [0.29, 0.717) is 37.0 Å². The van der Waals surface area contributed by atoms with Gasteiger partial charge in [-0.2, -0.15) is 5.26 Å². The van der Waals surface area contributed by atoms with Crippen LogP contribution in [0.15, 0.2) is 36.4 Å². The van der Waals surface area contributed by atoms with Crippen molar-refractivity contribution >= 4 is 28.4 Å². The second-order valence-electron chi connectivity index (χ2n) is 6.94. The van der Waals surface area contributed by atoms with E-state index >= 15 is 0 Å². The van der Waals surface area contributed by atoms with Crippen LogP contribution in [-0.2, 0) is 0 Å². The van der Waals surface area contributed by atoms with E-state index in [2.05, 4.69) is 27.0 Å². The molecule has 0 radical (unpaired) electrons. The largest absolute Gasteiger partial charge is 0.369 e. The fourth-order valence-electron chi connectivity index (χ4n) is 3.13. The average Bonchev–Trinajstić information content (AvgIpc) is 2.69. The van der Waals surface area contributed by atoms with Crippen molar-refractivity contribution in [3.63, 3.8) is 0 Å². The van der Waals surface area contributed by atoms with Gasteiger partial charge < -0.3 is 16.0 Å². The molecule has 0 aliphatic heterocycles. The van der Waals surface area contributed by atoms with Gasteiger partial charge in [0, 0.05) is 24.5 Å². The number of hydrogen-bond donors (Lipinski definition) is 3. The third-order valence-electron chi connectivity index (χ3n) is 4.48. The van der Waals surface area contributed by atoms with Gasteiger partial charge in [0.2, 0.25) is 0 Å². The van der Waals surface area contributed by atoms with Gasteiger partial charge >= 0.3 is 6.03 Å². The zero-order chi connectivity index (χ0) is 21.7. The Kier molecular flexibility index (Phi) is 6.42. The van der Waals surface area contributed by atoms with Gasteiger partial charge in [-0.15, -0.1) is 0 Å². The van der Waals surface area contributed by atoms with Crippen molar-refractivity contribution in [1.82, 2.24) is 10.3 Å². The molecule has 2 amide bonds. The number of urea groups is 1. The summed E-state index contributed by atoms with van der Waals surface area (Å²) in [5, 5.41) is 18.4. The molecule has 1 aromatic heterocycles. The highest BCUT2D eigenvalue weighted by atomic mass is 19.1. The number of carbonyl (C=O) groups is 1. The number of nitriles is 1. The lowest BCUT2D eigenvalue weighted by Crippen LogP contribution is -2.30. The minimum absolute atomic E-state index is 0.100. The molecule has 0 aliphatic rings. The highest BCUT2D eigenvalue weighted by molar-refractivity contribution is 5.89. The SMILES string of the molecule is Cc1cc(C)c2nc(NCCCNC(=O)Nc3ccc(F)cc3F)c(C#N)cc2c1. The molecule has 3 N–H and O–H groups in total. The molecule has 0 saturated carbocycles. The Morgan fingerprint density at radius 1 is 1.13 bits per heavy atom. The van der Waals surface area contributed by atoms with Gasteiger partial charge in [0.15, 0.2) is 0 Å². The second kappa shape index (κ2) is 9.18. The number of anilines is 2. The first kappa shape index (κ1) is 21.0. The zero-order valence-electron chi connectivity index (χ0n) is 16.6. The van der Waals surface area contributed by atoms with E-state index in [1.807, 2.05) is 32.0 Å². The van der Waals surface area contributed by atoms with Gasteiger partial charge in [-0.25, -0.2) is 18.6 Å².